The van der Waals surface area contributed by atoms with Gasteiger partial charge in [-0.05, 0) is 56.4 Å². The highest BCUT2D eigenvalue weighted by atomic mass is 16.6. The van der Waals surface area contributed by atoms with E-state index in [1.165, 1.54) is 5.56 Å². The molecular formula is C23H27NO5. The van der Waals surface area contributed by atoms with Crippen LogP contribution in [0.25, 0.3) is 0 Å². The minimum absolute atomic E-state index is 0.0253. The number of carboxylic acids is 1. The Hall–Kier alpha value is -3.02. The van der Waals surface area contributed by atoms with Crippen molar-refractivity contribution in [2.45, 2.75) is 44.8 Å². The molecule has 6 heteroatoms. The summed E-state index contributed by atoms with van der Waals surface area (Å²) in [5.74, 6) is -0.469. The molecule has 1 heterocycles. The van der Waals surface area contributed by atoms with Crippen molar-refractivity contribution in [1.29, 1.82) is 0 Å². The lowest BCUT2D eigenvalue weighted by Crippen LogP contribution is -2.43. The third kappa shape index (κ3) is 5.50. The molecular weight excluding hydrogens is 370 g/mol. The highest BCUT2D eigenvalue weighted by Crippen LogP contribution is 2.32. The predicted molar refractivity (Wildman–Crippen MR) is 109 cm³/mol. The van der Waals surface area contributed by atoms with Gasteiger partial charge in [-0.1, -0.05) is 42.5 Å². The summed E-state index contributed by atoms with van der Waals surface area (Å²) in [5.41, 5.74) is 1.67. The smallest absolute Gasteiger partial charge is 0.410 e. The van der Waals surface area contributed by atoms with Crippen LogP contribution in [0.5, 0.6) is 5.75 Å². The molecule has 0 bridgehead atoms. The Bertz CT molecular complexity index is 849. The van der Waals surface area contributed by atoms with Crippen molar-refractivity contribution >= 4 is 12.1 Å². The van der Waals surface area contributed by atoms with Gasteiger partial charge >= 0.3 is 12.1 Å². The van der Waals surface area contributed by atoms with Crippen LogP contribution in [0.15, 0.2) is 54.6 Å². The standard InChI is InChI=1S/C23H27NO5/c1-23(2)20(15-18-8-4-3-5-9-18)24(22(27)29-23)13-7-11-17-10-6-12-19(14-17)28-16-21(25)26/h3-6,8-10,12,14,20H,7,11,13,15-16H2,1-2H3,(H,25,26)/t20-/m1/s1. The molecule has 1 aliphatic heterocycles. The number of benzene rings is 2. The van der Waals surface area contributed by atoms with Crippen molar-refractivity contribution < 1.29 is 24.2 Å². The largest absolute Gasteiger partial charge is 0.482 e. The van der Waals surface area contributed by atoms with Crippen molar-refractivity contribution in [2.75, 3.05) is 13.2 Å². The van der Waals surface area contributed by atoms with E-state index >= 15 is 0 Å². The minimum Gasteiger partial charge on any atom is -0.482 e. The Labute approximate surface area is 171 Å². The average molecular weight is 397 g/mol. The van der Waals surface area contributed by atoms with Gasteiger partial charge in [0.05, 0.1) is 6.04 Å². The van der Waals surface area contributed by atoms with Gasteiger partial charge in [0, 0.05) is 6.54 Å². The van der Waals surface area contributed by atoms with E-state index in [0.29, 0.717) is 12.3 Å². The van der Waals surface area contributed by atoms with E-state index in [4.69, 9.17) is 14.6 Å². The maximum atomic E-state index is 12.5. The van der Waals surface area contributed by atoms with Gasteiger partial charge in [0.2, 0.25) is 0 Å². The summed E-state index contributed by atoms with van der Waals surface area (Å²) in [7, 11) is 0. The number of carboxylic acid groups (broad SMARTS) is 1. The van der Waals surface area contributed by atoms with Crippen molar-refractivity contribution in [3.8, 4) is 5.75 Å². The molecule has 1 saturated heterocycles. The fourth-order valence-corrected chi connectivity index (χ4v) is 3.68. The van der Waals surface area contributed by atoms with Crippen LogP contribution in [0, 0.1) is 0 Å². The molecule has 0 radical (unpaired) electrons. The van der Waals surface area contributed by atoms with E-state index < -0.39 is 11.6 Å². The summed E-state index contributed by atoms with van der Waals surface area (Å²) in [4.78, 5) is 24.9. The minimum atomic E-state index is -1.00. The Morgan fingerprint density at radius 3 is 2.59 bits per heavy atom. The lowest BCUT2D eigenvalue weighted by atomic mass is 9.92. The van der Waals surface area contributed by atoms with Gasteiger partial charge < -0.3 is 19.5 Å². The number of hydrogen-bond donors (Lipinski definition) is 1. The number of cyclic esters (lactones) is 1. The SMILES string of the molecule is CC1(C)OC(=O)N(CCCc2cccc(OCC(=O)O)c2)[C@@H]1Cc1ccccc1. The Morgan fingerprint density at radius 1 is 1.14 bits per heavy atom. The van der Waals surface area contributed by atoms with Crippen LogP contribution >= 0.6 is 0 Å². The van der Waals surface area contributed by atoms with Gasteiger partial charge in [0.1, 0.15) is 11.4 Å². The van der Waals surface area contributed by atoms with Gasteiger partial charge in [-0.2, -0.15) is 0 Å². The first-order chi connectivity index (χ1) is 13.8. The van der Waals surface area contributed by atoms with Gasteiger partial charge in [0.15, 0.2) is 6.61 Å². The van der Waals surface area contributed by atoms with Gasteiger partial charge in [-0.3, -0.25) is 0 Å². The van der Waals surface area contributed by atoms with E-state index in [1.54, 1.807) is 6.07 Å². The van der Waals surface area contributed by atoms with Crippen molar-refractivity contribution in [3.63, 3.8) is 0 Å². The molecule has 154 valence electrons. The third-order valence-electron chi connectivity index (χ3n) is 5.16. The molecule has 6 nitrogen and oxygen atoms in total. The maximum Gasteiger partial charge on any atom is 0.410 e. The molecule has 1 fully saturated rings. The van der Waals surface area contributed by atoms with E-state index in [-0.39, 0.29) is 18.7 Å². The normalized spacial score (nSPS) is 17.8. The first kappa shape index (κ1) is 20.7. The van der Waals surface area contributed by atoms with Crippen molar-refractivity contribution in [1.82, 2.24) is 4.90 Å². The maximum absolute atomic E-state index is 12.5. The first-order valence-corrected chi connectivity index (χ1v) is 9.82. The number of carbonyl (C=O) groups is 2. The van der Waals surface area contributed by atoms with E-state index in [0.717, 1.165) is 24.8 Å². The summed E-state index contributed by atoms with van der Waals surface area (Å²) in [6.45, 7) is 4.16. The van der Waals surface area contributed by atoms with Crippen molar-refractivity contribution in [3.05, 3.63) is 65.7 Å². The lowest BCUT2D eigenvalue weighted by molar-refractivity contribution is -0.139. The molecule has 0 aliphatic carbocycles. The second-order valence-electron chi connectivity index (χ2n) is 7.80. The monoisotopic (exact) mass is 397 g/mol. The van der Waals surface area contributed by atoms with Crippen LogP contribution in [0.1, 0.15) is 31.4 Å². The van der Waals surface area contributed by atoms with Gasteiger partial charge in [0.25, 0.3) is 0 Å². The molecule has 1 amide bonds. The average Bonchev–Trinajstić information content (AvgIpc) is 2.89. The summed E-state index contributed by atoms with van der Waals surface area (Å²) < 4.78 is 10.9. The number of aliphatic carboxylic acids is 1. The zero-order valence-electron chi connectivity index (χ0n) is 16.8. The molecule has 0 saturated carbocycles. The highest BCUT2D eigenvalue weighted by Gasteiger charge is 2.47. The summed E-state index contributed by atoms with van der Waals surface area (Å²) in [6, 6.07) is 17.5. The molecule has 1 aliphatic rings. The number of hydrogen-bond acceptors (Lipinski definition) is 4. The van der Waals surface area contributed by atoms with E-state index in [9.17, 15) is 9.59 Å². The predicted octanol–water partition coefficient (Wildman–Crippen LogP) is 3.92. The lowest BCUT2D eigenvalue weighted by Gasteiger charge is -2.29. The zero-order valence-corrected chi connectivity index (χ0v) is 16.8. The molecule has 29 heavy (non-hydrogen) atoms. The molecule has 0 unspecified atom stereocenters. The van der Waals surface area contributed by atoms with Crippen LogP contribution in [-0.4, -0.2) is 46.9 Å². The summed E-state index contributed by atoms with van der Waals surface area (Å²) in [5, 5.41) is 8.73. The third-order valence-corrected chi connectivity index (χ3v) is 5.16. The van der Waals surface area contributed by atoms with Crippen LogP contribution in [0.3, 0.4) is 0 Å². The zero-order chi connectivity index (χ0) is 20.9. The molecule has 2 aromatic rings. The number of amides is 1. The quantitative estimate of drug-likeness (QED) is 0.694. The fourth-order valence-electron chi connectivity index (χ4n) is 3.68. The molecule has 0 spiro atoms. The van der Waals surface area contributed by atoms with Crippen molar-refractivity contribution in [2.24, 2.45) is 0 Å². The Kier molecular flexibility index (Phi) is 6.42. The molecule has 3 rings (SSSR count). The van der Waals surface area contributed by atoms with Gasteiger partial charge in [-0.15, -0.1) is 0 Å². The number of carbonyl (C=O) groups excluding carboxylic acids is 1. The highest BCUT2D eigenvalue weighted by molar-refractivity contribution is 5.71. The number of nitrogens with zero attached hydrogens (tertiary/aromatic N) is 1. The van der Waals surface area contributed by atoms with E-state index in [1.807, 2.05) is 55.1 Å². The number of ether oxygens (including phenoxy) is 2. The van der Waals surface area contributed by atoms with Gasteiger partial charge in [-0.25, -0.2) is 9.59 Å². The summed E-state index contributed by atoms with van der Waals surface area (Å²) >= 11 is 0. The van der Waals surface area contributed by atoms with Crippen LogP contribution in [0.4, 0.5) is 4.79 Å². The molecule has 1 atom stereocenters. The van der Waals surface area contributed by atoms with Crippen LogP contribution < -0.4 is 4.74 Å². The number of rotatable bonds is 9. The molecule has 1 N–H and O–H groups in total. The second-order valence-corrected chi connectivity index (χ2v) is 7.80. The van der Waals surface area contributed by atoms with Crippen LogP contribution in [0.2, 0.25) is 0 Å². The molecule has 2 aromatic carbocycles. The van der Waals surface area contributed by atoms with Crippen LogP contribution in [-0.2, 0) is 22.4 Å². The molecule has 0 aromatic heterocycles. The Morgan fingerprint density at radius 2 is 1.86 bits per heavy atom. The Balaban J connectivity index is 1.60. The first-order valence-electron chi connectivity index (χ1n) is 9.82. The topological polar surface area (TPSA) is 76.1 Å². The number of aryl methyl sites for hydroxylation is 1. The van der Waals surface area contributed by atoms with E-state index in [2.05, 4.69) is 12.1 Å². The fraction of sp³-hybridized carbons (Fsp3) is 0.391. The second kappa shape index (κ2) is 8.99. The summed E-state index contributed by atoms with van der Waals surface area (Å²) in [6.07, 6.45) is 2.01.